The molecular weight excluding hydrogens is 817 g/mol. The zero-order valence-corrected chi connectivity index (χ0v) is 41.9. The maximum absolute atomic E-state index is 12.8. The molecule has 1 atom stereocenters. The molecule has 368 valence electrons. The van der Waals surface area contributed by atoms with E-state index in [9.17, 15) is 14.4 Å². The first kappa shape index (κ1) is 61.3. The first-order chi connectivity index (χ1) is 32.5. The van der Waals surface area contributed by atoms with Crippen LogP contribution < -0.4 is 0 Å². The summed E-state index contributed by atoms with van der Waals surface area (Å²) in [5.41, 5.74) is 0. The van der Waals surface area contributed by atoms with Gasteiger partial charge in [-0.25, -0.2) is 0 Å². The van der Waals surface area contributed by atoms with Crippen molar-refractivity contribution in [3.63, 3.8) is 0 Å². The second kappa shape index (κ2) is 52.9. The van der Waals surface area contributed by atoms with E-state index in [-0.39, 0.29) is 37.5 Å². The number of hydrogen-bond donors (Lipinski definition) is 0. The first-order valence-corrected chi connectivity index (χ1v) is 26.0. The summed E-state index contributed by atoms with van der Waals surface area (Å²) in [5, 5.41) is 0. The smallest absolute Gasteiger partial charge is 0.306 e. The molecule has 0 saturated heterocycles. The van der Waals surface area contributed by atoms with Gasteiger partial charge in [0, 0.05) is 19.3 Å². The first-order valence-electron chi connectivity index (χ1n) is 26.0. The fourth-order valence-corrected chi connectivity index (χ4v) is 6.47. The van der Waals surface area contributed by atoms with Crippen molar-refractivity contribution < 1.29 is 28.6 Å². The summed E-state index contributed by atoms with van der Waals surface area (Å²) in [4.78, 5) is 38.0. The lowest BCUT2D eigenvalue weighted by atomic mass is 10.1. The monoisotopic (exact) mass is 909 g/mol. The van der Waals surface area contributed by atoms with E-state index in [0.29, 0.717) is 19.3 Å². The van der Waals surface area contributed by atoms with Crippen molar-refractivity contribution in [1.29, 1.82) is 0 Å². The highest BCUT2D eigenvalue weighted by Gasteiger charge is 2.19. The SMILES string of the molecule is CC\C=C/C=C\C=C/C=C\C=C\C=C/CCCCCC(=O)OC(COC(=O)CCCCCCC\C=C/C=C\C=C/CC)COC(=O)CCCCCCC\C=C/C=C\C=C/CCCCCCC. The van der Waals surface area contributed by atoms with E-state index in [2.05, 4.69) is 99.8 Å². The molecule has 0 rings (SSSR count). The highest BCUT2D eigenvalue weighted by Crippen LogP contribution is 2.12. The van der Waals surface area contributed by atoms with Gasteiger partial charge in [0.2, 0.25) is 0 Å². The Hall–Kier alpha value is -4.71. The van der Waals surface area contributed by atoms with Crippen molar-refractivity contribution >= 4 is 17.9 Å². The van der Waals surface area contributed by atoms with E-state index < -0.39 is 6.10 Å². The Labute approximate surface area is 404 Å². The number of carbonyl (C=O) groups is 3. The van der Waals surface area contributed by atoms with Crippen LogP contribution in [0.5, 0.6) is 0 Å². The molecule has 0 spiro atoms. The van der Waals surface area contributed by atoms with E-state index in [4.69, 9.17) is 14.2 Å². The van der Waals surface area contributed by atoms with Crippen LogP contribution in [0.3, 0.4) is 0 Å². The predicted octanol–water partition coefficient (Wildman–Crippen LogP) is 17.3. The lowest BCUT2D eigenvalue weighted by molar-refractivity contribution is -0.167. The molecular formula is C60H92O6. The Morgan fingerprint density at radius 2 is 0.591 bits per heavy atom. The Morgan fingerprint density at radius 3 is 0.939 bits per heavy atom. The fourth-order valence-electron chi connectivity index (χ4n) is 6.47. The quantitative estimate of drug-likeness (QED) is 0.0262. The van der Waals surface area contributed by atoms with Gasteiger partial charge < -0.3 is 14.2 Å². The van der Waals surface area contributed by atoms with Crippen molar-refractivity contribution in [1.82, 2.24) is 0 Å². The topological polar surface area (TPSA) is 78.9 Å². The Bertz CT molecular complexity index is 1510. The zero-order valence-electron chi connectivity index (χ0n) is 41.9. The lowest BCUT2D eigenvalue weighted by Gasteiger charge is -2.18. The van der Waals surface area contributed by atoms with Crippen LogP contribution in [0.15, 0.2) is 146 Å². The molecule has 0 aliphatic rings. The molecule has 0 aromatic heterocycles. The van der Waals surface area contributed by atoms with Crippen molar-refractivity contribution in [2.45, 2.75) is 200 Å². The Kier molecular flexibility index (Phi) is 49.1. The van der Waals surface area contributed by atoms with E-state index in [1.54, 1.807) is 0 Å². The average molecular weight is 909 g/mol. The maximum atomic E-state index is 12.8. The normalized spacial score (nSPS) is 13.3. The summed E-state index contributed by atoms with van der Waals surface area (Å²) in [5.74, 6) is -1.01. The molecule has 0 heterocycles. The van der Waals surface area contributed by atoms with Crippen LogP contribution in [0.25, 0.3) is 0 Å². The van der Waals surface area contributed by atoms with Gasteiger partial charge >= 0.3 is 17.9 Å². The van der Waals surface area contributed by atoms with Gasteiger partial charge in [-0.15, -0.1) is 0 Å². The van der Waals surface area contributed by atoms with E-state index in [1.807, 2.05) is 66.8 Å². The molecule has 0 aromatic carbocycles. The number of hydrogen-bond acceptors (Lipinski definition) is 6. The van der Waals surface area contributed by atoms with Gasteiger partial charge in [-0.05, 0) is 83.5 Å². The maximum Gasteiger partial charge on any atom is 0.306 e. The third-order valence-corrected chi connectivity index (χ3v) is 10.3. The van der Waals surface area contributed by atoms with E-state index >= 15 is 0 Å². The Morgan fingerprint density at radius 1 is 0.318 bits per heavy atom. The molecule has 6 heteroatoms. The molecule has 0 aliphatic heterocycles. The summed E-state index contributed by atoms with van der Waals surface area (Å²) in [6, 6.07) is 0. The number of carbonyl (C=O) groups excluding carboxylic acids is 3. The highest BCUT2D eigenvalue weighted by atomic mass is 16.6. The number of ether oxygens (including phenoxy) is 3. The van der Waals surface area contributed by atoms with Crippen molar-refractivity contribution in [2.24, 2.45) is 0 Å². The minimum atomic E-state index is -0.825. The predicted molar refractivity (Wildman–Crippen MR) is 283 cm³/mol. The highest BCUT2D eigenvalue weighted by molar-refractivity contribution is 5.71. The van der Waals surface area contributed by atoms with Gasteiger partial charge in [0.25, 0.3) is 0 Å². The largest absolute Gasteiger partial charge is 0.462 e. The van der Waals surface area contributed by atoms with Gasteiger partial charge in [-0.2, -0.15) is 0 Å². The molecule has 66 heavy (non-hydrogen) atoms. The molecule has 0 bridgehead atoms. The third-order valence-electron chi connectivity index (χ3n) is 10.3. The number of allylic oxidation sites excluding steroid dienone is 24. The summed E-state index contributed by atoms with van der Waals surface area (Å²) in [6.07, 6.45) is 75.4. The van der Waals surface area contributed by atoms with E-state index in [0.717, 1.165) is 116 Å². The van der Waals surface area contributed by atoms with Gasteiger partial charge in [0.1, 0.15) is 13.2 Å². The molecule has 0 radical (unpaired) electrons. The molecule has 1 unspecified atom stereocenters. The number of rotatable bonds is 44. The average Bonchev–Trinajstić information content (AvgIpc) is 3.31. The second-order valence-corrected chi connectivity index (χ2v) is 16.6. The molecule has 6 nitrogen and oxygen atoms in total. The minimum absolute atomic E-state index is 0.120. The second-order valence-electron chi connectivity index (χ2n) is 16.6. The molecule has 0 amide bonds. The molecule has 0 aliphatic carbocycles. The number of unbranched alkanes of at least 4 members (excludes halogenated alkanes) is 18. The van der Waals surface area contributed by atoms with Crippen LogP contribution in [0, 0.1) is 0 Å². The standard InChI is InChI=1S/C60H92O6/c1-4-7-10-13-16-19-22-25-27-29-31-32-35-38-41-44-47-50-53-59(62)65-56-57(55-64-58(61)52-49-46-43-40-37-34-24-21-18-15-12-9-6-3)66-60(63)54-51-48-45-42-39-36-33-30-28-26-23-20-17-14-11-8-5-2/h8-9,11-12,14-15,17-18,20-33,36,39,57H,4-7,10,13,16,19,34-35,37-38,40-56H2,1-3H3/b11-8-,12-9-,17-14-,18-15-,23-20-,24-21-,25-22-,28-26-,29-27-,32-31-,33-30+,39-36-. The molecule has 0 fully saturated rings. The van der Waals surface area contributed by atoms with Gasteiger partial charge in [-0.1, -0.05) is 237 Å². The molecule has 0 N–H and O–H groups in total. The van der Waals surface area contributed by atoms with E-state index in [1.165, 1.54) is 32.1 Å². The van der Waals surface area contributed by atoms with Crippen molar-refractivity contribution in [3.05, 3.63) is 146 Å². The summed E-state index contributed by atoms with van der Waals surface area (Å²) < 4.78 is 16.7. The van der Waals surface area contributed by atoms with Crippen LogP contribution in [-0.2, 0) is 28.6 Å². The summed E-state index contributed by atoms with van der Waals surface area (Å²) >= 11 is 0. The van der Waals surface area contributed by atoms with Crippen LogP contribution in [0.1, 0.15) is 194 Å². The summed E-state index contributed by atoms with van der Waals surface area (Å²) in [6.45, 7) is 6.24. The zero-order chi connectivity index (χ0) is 47.9. The van der Waals surface area contributed by atoms with Crippen LogP contribution >= 0.6 is 0 Å². The minimum Gasteiger partial charge on any atom is -0.462 e. The fraction of sp³-hybridized carbons (Fsp3) is 0.550. The molecule has 0 aromatic rings. The van der Waals surface area contributed by atoms with Crippen LogP contribution in [0.4, 0.5) is 0 Å². The Balaban J connectivity index is 4.58. The van der Waals surface area contributed by atoms with Crippen molar-refractivity contribution in [2.75, 3.05) is 13.2 Å². The van der Waals surface area contributed by atoms with Crippen LogP contribution in [-0.4, -0.2) is 37.2 Å². The van der Waals surface area contributed by atoms with Gasteiger partial charge in [-0.3, -0.25) is 14.4 Å². The summed E-state index contributed by atoms with van der Waals surface area (Å²) in [7, 11) is 0. The number of esters is 3. The molecule has 0 saturated carbocycles. The van der Waals surface area contributed by atoms with Gasteiger partial charge in [0.05, 0.1) is 0 Å². The van der Waals surface area contributed by atoms with Crippen LogP contribution in [0.2, 0.25) is 0 Å². The third kappa shape index (κ3) is 50.3. The van der Waals surface area contributed by atoms with Gasteiger partial charge in [0.15, 0.2) is 6.10 Å². The van der Waals surface area contributed by atoms with Crippen molar-refractivity contribution in [3.8, 4) is 0 Å². The lowest BCUT2D eigenvalue weighted by Crippen LogP contribution is -2.30.